The number of carbonyl (C=O) groups is 1. The number of nitrogens with one attached hydrogen (secondary N) is 1. The molecule has 1 amide bonds. The third-order valence-electron chi connectivity index (χ3n) is 4.47. The molecule has 1 aliphatic rings. The molecule has 2 aromatic rings. The van der Waals surface area contributed by atoms with Gasteiger partial charge in [0.05, 0.1) is 11.2 Å². The van der Waals surface area contributed by atoms with Crippen LogP contribution in [0.5, 0.6) is 0 Å². The number of hydrogen-bond donors (Lipinski definition) is 2. The summed E-state index contributed by atoms with van der Waals surface area (Å²) in [6.07, 6.45) is -4.87. The van der Waals surface area contributed by atoms with Crippen molar-refractivity contribution in [2.45, 2.75) is 17.9 Å². The van der Waals surface area contributed by atoms with Crippen LogP contribution in [0.25, 0.3) is 0 Å². The van der Waals surface area contributed by atoms with E-state index < -0.39 is 47.8 Å². The van der Waals surface area contributed by atoms with Gasteiger partial charge in [0, 0.05) is 23.1 Å². The minimum absolute atomic E-state index is 0.244. The summed E-state index contributed by atoms with van der Waals surface area (Å²) in [5.74, 6) is -2.14. The molecule has 3 atom stereocenters. The van der Waals surface area contributed by atoms with Crippen molar-refractivity contribution in [3.8, 4) is 0 Å². The molecule has 0 aromatic heterocycles. The maximum atomic E-state index is 13.9. The Morgan fingerprint density at radius 3 is 2.50 bits per heavy atom. The molecular weight excluding hydrogens is 423 g/mol. The largest absolute Gasteiger partial charge is 0.416 e. The maximum absolute atomic E-state index is 13.9. The van der Waals surface area contributed by atoms with Crippen LogP contribution in [-0.2, 0) is 20.1 Å². The van der Waals surface area contributed by atoms with Gasteiger partial charge < -0.3 is 15.6 Å². The lowest BCUT2D eigenvalue weighted by Crippen LogP contribution is -2.37. The number of hydrogen-bond acceptors (Lipinski definition) is 4. The van der Waals surface area contributed by atoms with Gasteiger partial charge in [-0.25, -0.2) is 4.39 Å². The van der Waals surface area contributed by atoms with Gasteiger partial charge in [0.15, 0.2) is 0 Å². The molecule has 0 saturated carbocycles. The van der Waals surface area contributed by atoms with E-state index >= 15 is 0 Å². The first-order chi connectivity index (χ1) is 13.0. The van der Waals surface area contributed by atoms with E-state index in [1.165, 1.54) is 18.2 Å². The highest BCUT2D eigenvalue weighted by molar-refractivity contribution is 7.67. The Morgan fingerprint density at radius 1 is 1.25 bits per heavy atom. The minimum Gasteiger partial charge on any atom is -0.372 e. The Bertz CT molecular complexity index is 999. The second-order valence-corrected chi connectivity index (χ2v) is 9.24. The monoisotopic (exact) mass is 436 g/mol. The van der Waals surface area contributed by atoms with E-state index in [-0.39, 0.29) is 16.7 Å². The lowest BCUT2D eigenvalue weighted by molar-refractivity contribution is -0.137. The van der Waals surface area contributed by atoms with Crippen LogP contribution < -0.4 is 16.4 Å². The maximum Gasteiger partial charge on any atom is 0.416 e. The van der Waals surface area contributed by atoms with Crippen molar-refractivity contribution in [2.24, 2.45) is 5.73 Å². The number of halogens is 5. The summed E-state index contributed by atoms with van der Waals surface area (Å²) in [6.45, 7) is 0. The summed E-state index contributed by atoms with van der Waals surface area (Å²) in [5.41, 5.74) is 3.44. The van der Waals surface area contributed by atoms with E-state index in [2.05, 4.69) is 5.32 Å². The Morgan fingerprint density at radius 2 is 1.93 bits per heavy atom. The average molecular weight is 437 g/mol. The Hall–Kier alpha value is -2.09. The summed E-state index contributed by atoms with van der Waals surface area (Å²) in [6, 6.07) is 4.71. The average Bonchev–Trinajstić information content (AvgIpc) is 2.99. The third kappa shape index (κ3) is 3.50. The molecule has 0 spiro atoms. The van der Waals surface area contributed by atoms with Gasteiger partial charge in [-0.05, 0) is 42.0 Å². The molecule has 0 radical (unpaired) electrons. The van der Waals surface area contributed by atoms with Gasteiger partial charge in [0.2, 0.25) is 13.3 Å². The van der Waals surface area contributed by atoms with Crippen LogP contribution in [0.2, 0.25) is 5.02 Å². The number of fused-ring (bicyclic) bond motifs is 1. The van der Waals surface area contributed by atoms with Crippen molar-refractivity contribution in [1.82, 2.24) is 0 Å². The van der Waals surface area contributed by atoms with E-state index in [1.807, 2.05) is 0 Å². The molecule has 0 aliphatic carbocycles. The molecular formula is C17H14ClF4N2O3P. The fourth-order valence-corrected chi connectivity index (χ4v) is 5.99. The number of carbonyl (C=O) groups excluding carboxylic acids is 1. The van der Waals surface area contributed by atoms with Crippen molar-refractivity contribution in [1.29, 1.82) is 0 Å². The molecule has 150 valence electrons. The predicted octanol–water partition coefficient (Wildman–Crippen LogP) is 4.07. The number of amides is 1. The van der Waals surface area contributed by atoms with Crippen molar-refractivity contribution in [3.63, 3.8) is 0 Å². The second kappa shape index (κ2) is 7.06. The van der Waals surface area contributed by atoms with Crippen molar-refractivity contribution < 1.29 is 31.4 Å². The number of primary amides is 1. The van der Waals surface area contributed by atoms with Crippen molar-refractivity contribution in [2.75, 3.05) is 12.4 Å². The first-order valence-corrected chi connectivity index (χ1v) is 9.93. The van der Waals surface area contributed by atoms with Crippen LogP contribution in [0.15, 0.2) is 36.4 Å². The Kier molecular flexibility index (Phi) is 5.20. The van der Waals surface area contributed by atoms with E-state index in [0.29, 0.717) is 17.8 Å². The van der Waals surface area contributed by atoms with Gasteiger partial charge in [0.1, 0.15) is 11.9 Å². The number of alkyl halides is 3. The lowest BCUT2D eigenvalue weighted by atomic mass is 10.1. The smallest absolute Gasteiger partial charge is 0.372 e. The highest BCUT2D eigenvalue weighted by Gasteiger charge is 2.49. The molecule has 0 saturated heterocycles. The topological polar surface area (TPSA) is 81.4 Å². The van der Waals surface area contributed by atoms with Gasteiger partial charge in [0.25, 0.3) is 0 Å². The molecule has 11 heteroatoms. The third-order valence-corrected chi connectivity index (χ3v) is 7.54. The molecule has 5 nitrogen and oxygen atoms in total. The van der Waals surface area contributed by atoms with Crippen LogP contribution in [0.3, 0.4) is 0 Å². The predicted molar refractivity (Wildman–Crippen MR) is 96.4 cm³/mol. The summed E-state index contributed by atoms with van der Waals surface area (Å²) in [4.78, 5) is 11.9. The number of rotatable bonds is 4. The molecule has 3 N–H and O–H groups in total. The second-order valence-electron chi connectivity index (χ2n) is 6.18. The molecule has 0 bridgehead atoms. The van der Waals surface area contributed by atoms with Gasteiger partial charge in [-0.15, -0.1) is 0 Å². The van der Waals surface area contributed by atoms with Gasteiger partial charge in [-0.3, -0.25) is 9.36 Å². The quantitative estimate of drug-likeness (QED) is 0.559. The Labute approximate surface area is 162 Å². The zero-order valence-electron chi connectivity index (χ0n) is 14.3. The van der Waals surface area contributed by atoms with E-state index in [4.69, 9.17) is 21.9 Å². The first kappa shape index (κ1) is 20.6. The van der Waals surface area contributed by atoms with E-state index in [0.717, 1.165) is 7.11 Å². The van der Waals surface area contributed by atoms with Crippen molar-refractivity contribution >= 4 is 35.9 Å². The van der Waals surface area contributed by atoms with Gasteiger partial charge >= 0.3 is 6.18 Å². The van der Waals surface area contributed by atoms with Crippen LogP contribution in [0, 0.1) is 5.82 Å². The van der Waals surface area contributed by atoms with E-state index in [9.17, 15) is 26.9 Å². The van der Waals surface area contributed by atoms with Gasteiger partial charge in [-0.1, -0.05) is 11.6 Å². The van der Waals surface area contributed by atoms with E-state index in [1.54, 1.807) is 0 Å². The fraction of sp³-hybridized carbons (Fsp3) is 0.235. The molecule has 28 heavy (non-hydrogen) atoms. The van der Waals surface area contributed by atoms with Crippen LogP contribution in [0.4, 0.5) is 23.2 Å². The number of benzene rings is 2. The number of nitrogens with two attached hydrogens (primary N) is 1. The molecule has 0 fully saturated rings. The van der Waals surface area contributed by atoms with Crippen molar-refractivity contribution in [3.05, 3.63) is 58.4 Å². The fourth-order valence-electron chi connectivity index (χ4n) is 3.24. The molecule has 3 rings (SSSR count). The SMILES string of the molecule is COP(=O)(c1cc(F)cc(C(F)(F)F)c1)C1c2cc(Cl)ccc2NC1C(N)=O. The highest BCUT2D eigenvalue weighted by Crippen LogP contribution is 2.64. The Balaban J connectivity index is 2.24. The van der Waals surface area contributed by atoms with Crippen LogP contribution in [-0.4, -0.2) is 19.1 Å². The van der Waals surface area contributed by atoms with Crippen LogP contribution in [0.1, 0.15) is 16.8 Å². The van der Waals surface area contributed by atoms with Gasteiger partial charge in [-0.2, -0.15) is 13.2 Å². The summed E-state index contributed by atoms with van der Waals surface area (Å²) in [5, 5.41) is 2.50. The summed E-state index contributed by atoms with van der Waals surface area (Å²) < 4.78 is 72.2. The molecule has 2 aromatic carbocycles. The highest BCUT2D eigenvalue weighted by atomic mass is 35.5. The molecule has 3 unspecified atom stereocenters. The zero-order valence-corrected chi connectivity index (χ0v) is 15.9. The summed E-state index contributed by atoms with van der Waals surface area (Å²) in [7, 11) is -3.23. The first-order valence-electron chi connectivity index (χ1n) is 7.86. The molecule has 1 aliphatic heterocycles. The molecule has 1 heterocycles. The van der Waals surface area contributed by atoms with Crippen LogP contribution >= 0.6 is 19.0 Å². The minimum atomic E-state index is -4.87. The lowest BCUT2D eigenvalue weighted by Gasteiger charge is -2.27. The summed E-state index contributed by atoms with van der Waals surface area (Å²) >= 11 is 5.98. The standard InChI is InChI=1S/C17H14ClF4N2O3P/c1-27-28(26,11-5-8(17(20,21)22)4-10(19)7-11)15-12-6-9(18)2-3-13(12)24-14(15)16(23)25/h2-7,14-15,24H,1H3,(H2,23,25). The number of anilines is 1. The zero-order chi connectivity index (χ0) is 20.9. The normalized spacial score (nSPS) is 20.9.